The van der Waals surface area contributed by atoms with Gasteiger partial charge in [0.1, 0.15) is 5.82 Å². The Bertz CT molecular complexity index is 465. The Kier molecular flexibility index (Phi) is 6.29. The molecule has 0 radical (unpaired) electrons. The Hall–Kier alpha value is -1.62. The maximum atomic E-state index is 12.8. The van der Waals surface area contributed by atoms with Gasteiger partial charge >= 0.3 is 5.97 Å². The Morgan fingerprint density at radius 3 is 2.95 bits per heavy atom. The molecule has 1 unspecified atom stereocenters. The number of carbonyl (C=O) groups excluding carboxylic acids is 1. The van der Waals surface area contributed by atoms with Crippen molar-refractivity contribution in [1.29, 1.82) is 0 Å². The molecule has 0 fully saturated rings. The van der Waals surface area contributed by atoms with E-state index < -0.39 is 17.9 Å². The van der Waals surface area contributed by atoms with E-state index in [9.17, 15) is 9.18 Å². The summed E-state index contributed by atoms with van der Waals surface area (Å²) in [5.74, 6) is -0.913. The first-order chi connectivity index (χ1) is 9.04. The van der Waals surface area contributed by atoms with Crippen molar-refractivity contribution in [3.8, 4) is 0 Å². The number of carbonyl (C=O) groups is 1. The Morgan fingerprint density at radius 1 is 1.58 bits per heavy atom. The van der Waals surface area contributed by atoms with E-state index in [1.165, 1.54) is 31.3 Å². The van der Waals surface area contributed by atoms with Crippen LogP contribution in [0.3, 0.4) is 0 Å². The summed E-state index contributed by atoms with van der Waals surface area (Å²) in [5, 5.41) is 3.84. The van der Waals surface area contributed by atoms with Gasteiger partial charge in [0.05, 0.1) is 17.8 Å². The molecule has 1 aromatic carbocycles. The lowest BCUT2D eigenvalue weighted by Gasteiger charge is -2.08. The summed E-state index contributed by atoms with van der Waals surface area (Å²) >= 11 is 5.80. The maximum Gasteiger partial charge on any atom is 0.349 e. The number of ether oxygens (including phenoxy) is 1. The van der Waals surface area contributed by atoms with Crippen molar-refractivity contribution < 1.29 is 18.8 Å². The van der Waals surface area contributed by atoms with E-state index in [0.29, 0.717) is 12.2 Å². The molecule has 0 aliphatic rings. The monoisotopic (exact) mass is 287 g/mol. The van der Waals surface area contributed by atoms with Crippen LogP contribution in [-0.2, 0) is 14.4 Å². The average molecular weight is 288 g/mol. The van der Waals surface area contributed by atoms with Crippen LogP contribution in [0, 0.1) is 5.82 Å². The topological polar surface area (TPSA) is 47.9 Å². The smallest absolute Gasteiger partial charge is 0.349 e. The van der Waals surface area contributed by atoms with Gasteiger partial charge in [0, 0.05) is 5.56 Å². The molecule has 0 amide bonds. The van der Waals surface area contributed by atoms with Gasteiger partial charge in [-0.1, -0.05) is 23.7 Å². The molecule has 4 nitrogen and oxygen atoms in total. The molecule has 6 heteroatoms. The number of rotatable bonds is 6. The fourth-order valence-electron chi connectivity index (χ4n) is 1.15. The number of benzene rings is 1. The summed E-state index contributed by atoms with van der Waals surface area (Å²) in [6.07, 6.45) is 1.25. The molecule has 0 N–H and O–H groups in total. The van der Waals surface area contributed by atoms with Gasteiger partial charge in [-0.2, -0.15) is 0 Å². The first kappa shape index (κ1) is 15.4. The van der Waals surface area contributed by atoms with Crippen LogP contribution in [0.4, 0.5) is 4.39 Å². The van der Waals surface area contributed by atoms with Gasteiger partial charge in [-0.05, 0) is 31.5 Å². The van der Waals surface area contributed by atoms with E-state index in [1.807, 2.05) is 6.92 Å². The molecule has 0 saturated heterocycles. The summed E-state index contributed by atoms with van der Waals surface area (Å²) in [4.78, 5) is 16.3. The Balaban J connectivity index is 2.51. The number of nitrogens with zero attached hydrogens (tertiary/aromatic N) is 1. The minimum Gasteiger partial charge on any atom is -0.463 e. The molecule has 104 valence electrons. The van der Waals surface area contributed by atoms with Crippen LogP contribution in [0.15, 0.2) is 23.4 Å². The Labute approximate surface area is 116 Å². The standard InChI is InChI=1S/C13H15ClFNO3/c1-3-6-18-13(17)9(2)19-16-8-10-4-5-11(15)7-12(10)14/h4-5,7-9H,3,6H2,1-2H3. The third-order valence-corrected chi connectivity index (χ3v) is 2.48. The molecule has 0 spiro atoms. The normalized spacial score (nSPS) is 12.4. The van der Waals surface area contributed by atoms with Crippen LogP contribution >= 0.6 is 11.6 Å². The second kappa shape index (κ2) is 7.74. The molecule has 0 aromatic heterocycles. The molecule has 1 atom stereocenters. The number of halogens is 2. The van der Waals surface area contributed by atoms with Gasteiger partial charge in [0.25, 0.3) is 0 Å². The highest BCUT2D eigenvalue weighted by molar-refractivity contribution is 6.33. The van der Waals surface area contributed by atoms with Gasteiger partial charge in [0.2, 0.25) is 6.10 Å². The third-order valence-electron chi connectivity index (χ3n) is 2.15. The molecule has 0 bridgehead atoms. The van der Waals surface area contributed by atoms with Crippen molar-refractivity contribution in [2.75, 3.05) is 6.61 Å². The predicted molar refractivity (Wildman–Crippen MR) is 70.8 cm³/mol. The van der Waals surface area contributed by atoms with Crippen molar-refractivity contribution in [2.45, 2.75) is 26.4 Å². The summed E-state index contributed by atoms with van der Waals surface area (Å²) in [5.41, 5.74) is 0.497. The molecule has 0 aliphatic heterocycles. The van der Waals surface area contributed by atoms with E-state index in [1.54, 1.807) is 0 Å². The number of hydrogen-bond acceptors (Lipinski definition) is 4. The largest absolute Gasteiger partial charge is 0.463 e. The van der Waals surface area contributed by atoms with E-state index in [4.69, 9.17) is 21.2 Å². The summed E-state index contributed by atoms with van der Waals surface area (Å²) in [7, 11) is 0. The molecule has 0 aliphatic carbocycles. The molecular weight excluding hydrogens is 273 g/mol. The van der Waals surface area contributed by atoms with Crippen molar-refractivity contribution in [1.82, 2.24) is 0 Å². The van der Waals surface area contributed by atoms with Gasteiger partial charge in [-0.3, -0.25) is 0 Å². The second-order valence-corrected chi connectivity index (χ2v) is 4.22. The highest BCUT2D eigenvalue weighted by atomic mass is 35.5. The third kappa shape index (κ3) is 5.26. The average Bonchev–Trinajstić information content (AvgIpc) is 2.38. The lowest BCUT2D eigenvalue weighted by Crippen LogP contribution is -2.21. The molecule has 0 saturated carbocycles. The van der Waals surface area contributed by atoms with E-state index in [-0.39, 0.29) is 5.02 Å². The minimum absolute atomic E-state index is 0.216. The van der Waals surface area contributed by atoms with Crippen LogP contribution in [0.1, 0.15) is 25.8 Å². The SMILES string of the molecule is CCCOC(=O)C(C)ON=Cc1ccc(F)cc1Cl. The van der Waals surface area contributed by atoms with Crippen LogP contribution in [0.5, 0.6) is 0 Å². The van der Waals surface area contributed by atoms with Crippen LogP contribution < -0.4 is 0 Å². The number of oxime groups is 1. The second-order valence-electron chi connectivity index (χ2n) is 3.82. The van der Waals surface area contributed by atoms with Crippen molar-refractivity contribution in [3.63, 3.8) is 0 Å². The number of hydrogen-bond donors (Lipinski definition) is 0. The quantitative estimate of drug-likeness (QED) is 0.459. The van der Waals surface area contributed by atoms with Crippen LogP contribution in [-0.4, -0.2) is 24.9 Å². The Morgan fingerprint density at radius 2 is 2.32 bits per heavy atom. The summed E-state index contributed by atoms with van der Waals surface area (Å²) in [6.45, 7) is 3.77. The van der Waals surface area contributed by atoms with Gasteiger partial charge in [-0.15, -0.1) is 0 Å². The van der Waals surface area contributed by atoms with Crippen molar-refractivity contribution >= 4 is 23.8 Å². The zero-order chi connectivity index (χ0) is 14.3. The molecule has 0 heterocycles. The van der Waals surface area contributed by atoms with Gasteiger partial charge in [0.15, 0.2) is 0 Å². The first-order valence-corrected chi connectivity index (χ1v) is 6.23. The van der Waals surface area contributed by atoms with E-state index in [2.05, 4.69) is 5.16 Å². The zero-order valence-electron chi connectivity index (χ0n) is 10.7. The molecule has 1 aromatic rings. The zero-order valence-corrected chi connectivity index (χ0v) is 11.5. The highest BCUT2D eigenvalue weighted by Crippen LogP contribution is 2.15. The van der Waals surface area contributed by atoms with Crippen LogP contribution in [0.2, 0.25) is 5.02 Å². The van der Waals surface area contributed by atoms with Crippen molar-refractivity contribution in [2.24, 2.45) is 5.16 Å². The van der Waals surface area contributed by atoms with E-state index >= 15 is 0 Å². The van der Waals surface area contributed by atoms with Crippen molar-refractivity contribution in [3.05, 3.63) is 34.6 Å². The lowest BCUT2D eigenvalue weighted by molar-refractivity contribution is -0.155. The minimum atomic E-state index is -0.804. The summed E-state index contributed by atoms with van der Waals surface area (Å²) < 4.78 is 17.7. The highest BCUT2D eigenvalue weighted by Gasteiger charge is 2.15. The molecular formula is C13H15ClFNO3. The maximum absolute atomic E-state index is 12.8. The molecule has 19 heavy (non-hydrogen) atoms. The predicted octanol–water partition coefficient (Wildman–Crippen LogP) is 3.17. The summed E-state index contributed by atoms with van der Waals surface area (Å²) in [6, 6.07) is 3.89. The fraction of sp³-hybridized carbons (Fsp3) is 0.385. The first-order valence-electron chi connectivity index (χ1n) is 5.85. The molecule has 1 rings (SSSR count). The van der Waals surface area contributed by atoms with E-state index in [0.717, 1.165) is 6.42 Å². The van der Waals surface area contributed by atoms with Gasteiger partial charge in [-0.25, -0.2) is 9.18 Å². The fourth-order valence-corrected chi connectivity index (χ4v) is 1.36. The number of esters is 1. The van der Waals surface area contributed by atoms with Crippen LogP contribution in [0.25, 0.3) is 0 Å². The van der Waals surface area contributed by atoms with Gasteiger partial charge < -0.3 is 9.57 Å². The lowest BCUT2D eigenvalue weighted by atomic mass is 10.2.